The molecule has 5 heteroatoms. The van der Waals surface area contributed by atoms with Crippen LogP contribution < -0.4 is 10.2 Å². The standard InChI is InChI=1S/C15H27N5/c1-5-7-16-14-10-15(18-12(3)17-14)20-9-8-19(4)13(6-2)11-20/h10,13H,5-9,11H2,1-4H3,(H,16,17,18). The third kappa shape index (κ3) is 3.60. The number of aryl methyl sites for hydroxylation is 1. The molecular formula is C15H27N5. The van der Waals surface area contributed by atoms with Crippen LogP contribution in [0.25, 0.3) is 0 Å². The fourth-order valence-corrected chi connectivity index (χ4v) is 2.65. The predicted octanol–water partition coefficient (Wildman–Crippen LogP) is 2.14. The molecule has 1 aliphatic heterocycles. The monoisotopic (exact) mass is 277 g/mol. The van der Waals surface area contributed by atoms with Gasteiger partial charge in [0.05, 0.1) is 0 Å². The fraction of sp³-hybridized carbons (Fsp3) is 0.733. The van der Waals surface area contributed by atoms with Crippen LogP contribution in [-0.2, 0) is 0 Å². The zero-order valence-electron chi connectivity index (χ0n) is 13.2. The summed E-state index contributed by atoms with van der Waals surface area (Å²) in [6.07, 6.45) is 2.28. The molecule has 0 aromatic carbocycles. The summed E-state index contributed by atoms with van der Waals surface area (Å²) in [5, 5.41) is 3.36. The minimum Gasteiger partial charge on any atom is -0.370 e. The molecule has 5 nitrogen and oxygen atoms in total. The van der Waals surface area contributed by atoms with E-state index in [2.05, 4.69) is 52.0 Å². The number of aromatic nitrogens is 2. The Hall–Kier alpha value is -1.36. The number of nitrogens with one attached hydrogen (secondary N) is 1. The maximum Gasteiger partial charge on any atom is 0.134 e. The van der Waals surface area contributed by atoms with Crippen LogP contribution in [0, 0.1) is 6.92 Å². The van der Waals surface area contributed by atoms with Crippen molar-refractivity contribution in [3.8, 4) is 0 Å². The molecule has 0 radical (unpaired) electrons. The topological polar surface area (TPSA) is 44.3 Å². The second-order valence-electron chi connectivity index (χ2n) is 5.57. The number of piperazine rings is 1. The van der Waals surface area contributed by atoms with E-state index in [1.165, 1.54) is 6.42 Å². The normalized spacial score (nSPS) is 20.2. The van der Waals surface area contributed by atoms with Gasteiger partial charge in [-0.15, -0.1) is 0 Å². The van der Waals surface area contributed by atoms with Gasteiger partial charge in [-0.2, -0.15) is 0 Å². The summed E-state index contributed by atoms with van der Waals surface area (Å²) in [7, 11) is 2.21. The molecule has 1 aromatic heterocycles. The molecule has 0 amide bonds. The first kappa shape index (κ1) is 15.0. The summed E-state index contributed by atoms with van der Waals surface area (Å²) in [5.74, 6) is 2.84. The number of rotatable bonds is 5. The maximum absolute atomic E-state index is 4.62. The smallest absolute Gasteiger partial charge is 0.134 e. The largest absolute Gasteiger partial charge is 0.370 e. The Labute approximate surface area is 122 Å². The van der Waals surface area contributed by atoms with E-state index < -0.39 is 0 Å². The van der Waals surface area contributed by atoms with Gasteiger partial charge in [-0.05, 0) is 26.8 Å². The molecule has 1 unspecified atom stereocenters. The minimum atomic E-state index is 0.617. The molecule has 0 saturated carbocycles. The van der Waals surface area contributed by atoms with Crippen LogP contribution in [0.3, 0.4) is 0 Å². The fourth-order valence-electron chi connectivity index (χ4n) is 2.65. The van der Waals surface area contributed by atoms with Crippen molar-refractivity contribution in [3.63, 3.8) is 0 Å². The van der Waals surface area contributed by atoms with Crippen LogP contribution in [0.2, 0.25) is 0 Å². The quantitative estimate of drug-likeness (QED) is 0.893. The number of nitrogens with zero attached hydrogens (tertiary/aromatic N) is 4. The van der Waals surface area contributed by atoms with E-state index in [0.717, 1.165) is 50.1 Å². The zero-order valence-corrected chi connectivity index (χ0v) is 13.2. The first-order chi connectivity index (χ1) is 9.63. The first-order valence-corrected chi connectivity index (χ1v) is 7.68. The second-order valence-corrected chi connectivity index (χ2v) is 5.57. The Morgan fingerprint density at radius 3 is 2.80 bits per heavy atom. The van der Waals surface area contributed by atoms with Gasteiger partial charge in [0, 0.05) is 38.3 Å². The van der Waals surface area contributed by atoms with Crippen molar-refractivity contribution in [1.29, 1.82) is 0 Å². The summed E-state index contributed by atoms with van der Waals surface area (Å²) in [6, 6.07) is 2.70. The Kier molecular flexibility index (Phi) is 5.17. The first-order valence-electron chi connectivity index (χ1n) is 7.68. The van der Waals surface area contributed by atoms with E-state index in [1.54, 1.807) is 0 Å². The van der Waals surface area contributed by atoms with Gasteiger partial charge in [0.25, 0.3) is 0 Å². The summed E-state index contributed by atoms with van der Waals surface area (Å²) < 4.78 is 0. The molecule has 20 heavy (non-hydrogen) atoms. The highest BCUT2D eigenvalue weighted by molar-refractivity contribution is 5.49. The second kappa shape index (κ2) is 6.88. The van der Waals surface area contributed by atoms with Crippen molar-refractivity contribution in [1.82, 2.24) is 14.9 Å². The average Bonchev–Trinajstić information content (AvgIpc) is 2.45. The summed E-state index contributed by atoms with van der Waals surface area (Å²) in [5.41, 5.74) is 0. The lowest BCUT2D eigenvalue weighted by atomic mass is 10.1. The van der Waals surface area contributed by atoms with Gasteiger partial charge in [-0.3, -0.25) is 4.90 Å². The van der Waals surface area contributed by atoms with Gasteiger partial charge in [0.1, 0.15) is 17.5 Å². The molecule has 0 spiro atoms. The van der Waals surface area contributed by atoms with Gasteiger partial charge in [-0.25, -0.2) is 9.97 Å². The van der Waals surface area contributed by atoms with Crippen molar-refractivity contribution in [2.45, 2.75) is 39.7 Å². The van der Waals surface area contributed by atoms with Crippen molar-refractivity contribution in [2.24, 2.45) is 0 Å². The van der Waals surface area contributed by atoms with Crippen LogP contribution in [0.5, 0.6) is 0 Å². The van der Waals surface area contributed by atoms with Gasteiger partial charge < -0.3 is 10.2 Å². The van der Waals surface area contributed by atoms with Gasteiger partial charge >= 0.3 is 0 Å². The maximum atomic E-state index is 4.62. The lowest BCUT2D eigenvalue weighted by molar-refractivity contribution is 0.213. The Balaban J connectivity index is 2.13. The average molecular weight is 277 g/mol. The van der Waals surface area contributed by atoms with Crippen LogP contribution >= 0.6 is 0 Å². The number of hydrogen-bond donors (Lipinski definition) is 1. The van der Waals surface area contributed by atoms with Crippen molar-refractivity contribution >= 4 is 11.6 Å². The molecule has 0 aliphatic carbocycles. The lowest BCUT2D eigenvalue weighted by Crippen LogP contribution is -2.51. The van der Waals surface area contributed by atoms with E-state index in [-0.39, 0.29) is 0 Å². The molecule has 1 aromatic rings. The summed E-state index contributed by atoms with van der Waals surface area (Å²) in [4.78, 5) is 13.9. The summed E-state index contributed by atoms with van der Waals surface area (Å²) >= 11 is 0. The van der Waals surface area contributed by atoms with Crippen molar-refractivity contribution < 1.29 is 0 Å². The SMILES string of the molecule is CCCNc1cc(N2CCN(C)C(CC)C2)nc(C)n1. The molecule has 2 rings (SSSR count). The van der Waals surface area contributed by atoms with Crippen LogP contribution in [-0.4, -0.2) is 54.1 Å². The van der Waals surface area contributed by atoms with E-state index in [4.69, 9.17) is 0 Å². The molecule has 1 fully saturated rings. The molecule has 2 heterocycles. The van der Waals surface area contributed by atoms with Gasteiger partial charge in [-0.1, -0.05) is 13.8 Å². The van der Waals surface area contributed by atoms with E-state index in [0.29, 0.717) is 6.04 Å². The Morgan fingerprint density at radius 1 is 1.30 bits per heavy atom. The zero-order chi connectivity index (χ0) is 14.5. The highest BCUT2D eigenvalue weighted by Gasteiger charge is 2.24. The van der Waals surface area contributed by atoms with Crippen LogP contribution in [0.1, 0.15) is 32.5 Å². The highest BCUT2D eigenvalue weighted by atomic mass is 15.3. The number of likely N-dealkylation sites (N-methyl/N-ethyl adjacent to an activating group) is 1. The molecule has 1 saturated heterocycles. The van der Waals surface area contributed by atoms with Crippen molar-refractivity contribution in [3.05, 3.63) is 11.9 Å². The third-order valence-corrected chi connectivity index (χ3v) is 3.95. The Bertz CT molecular complexity index is 434. The van der Waals surface area contributed by atoms with E-state index >= 15 is 0 Å². The molecule has 1 atom stereocenters. The van der Waals surface area contributed by atoms with E-state index in [1.807, 2.05) is 6.92 Å². The molecule has 1 aliphatic rings. The van der Waals surface area contributed by atoms with Gasteiger partial charge in [0.2, 0.25) is 0 Å². The van der Waals surface area contributed by atoms with Crippen molar-refractivity contribution in [2.75, 3.05) is 43.4 Å². The van der Waals surface area contributed by atoms with Crippen LogP contribution in [0.4, 0.5) is 11.6 Å². The molecule has 1 N–H and O–H groups in total. The van der Waals surface area contributed by atoms with Gasteiger partial charge in [0.15, 0.2) is 0 Å². The van der Waals surface area contributed by atoms with Crippen LogP contribution in [0.15, 0.2) is 6.07 Å². The predicted molar refractivity (Wildman–Crippen MR) is 84.5 cm³/mol. The number of anilines is 2. The Morgan fingerprint density at radius 2 is 2.10 bits per heavy atom. The molecular weight excluding hydrogens is 250 g/mol. The molecule has 0 bridgehead atoms. The third-order valence-electron chi connectivity index (χ3n) is 3.95. The lowest BCUT2D eigenvalue weighted by Gasteiger charge is -2.39. The van der Waals surface area contributed by atoms with E-state index in [9.17, 15) is 0 Å². The summed E-state index contributed by atoms with van der Waals surface area (Å²) in [6.45, 7) is 10.5. The minimum absolute atomic E-state index is 0.617. The number of hydrogen-bond acceptors (Lipinski definition) is 5. The molecule has 112 valence electrons. The highest BCUT2D eigenvalue weighted by Crippen LogP contribution is 2.20.